The molecule has 0 amide bonds. The number of amidine groups is 1. The van der Waals surface area contributed by atoms with E-state index in [-0.39, 0.29) is 10.3 Å². The first-order valence-corrected chi connectivity index (χ1v) is 10.9. The zero-order chi connectivity index (χ0) is 19.8. The molecule has 0 aromatic heterocycles. The van der Waals surface area contributed by atoms with E-state index in [4.69, 9.17) is 26.1 Å². The molecule has 1 N–H and O–H groups in total. The van der Waals surface area contributed by atoms with Crippen LogP contribution in [0.15, 0.2) is 52.4 Å². The van der Waals surface area contributed by atoms with Crippen molar-refractivity contribution in [2.75, 3.05) is 26.9 Å². The second kappa shape index (κ2) is 7.39. The van der Waals surface area contributed by atoms with Crippen LogP contribution >= 0.6 is 11.6 Å². The van der Waals surface area contributed by atoms with Crippen molar-refractivity contribution in [2.45, 2.75) is 23.2 Å². The van der Waals surface area contributed by atoms with Crippen LogP contribution in [-0.2, 0) is 20.2 Å². The van der Waals surface area contributed by atoms with E-state index in [1.165, 1.54) is 0 Å². The van der Waals surface area contributed by atoms with Crippen LogP contribution in [0.3, 0.4) is 0 Å². The van der Waals surface area contributed by atoms with E-state index in [1.54, 1.807) is 37.4 Å². The summed E-state index contributed by atoms with van der Waals surface area (Å²) in [7, 11) is -1.93. The summed E-state index contributed by atoms with van der Waals surface area (Å²) in [4.78, 5) is 4.97. The molecule has 8 heteroatoms. The van der Waals surface area contributed by atoms with Gasteiger partial charge in [-0.2, -0.15) is 0 Å². The molecule has 2 heterocycles. The number of sulfonamides is 1. The van der Waals surface area contributed by atoms with Crippen molar-refractivity contribution in [2.24, 2.45) is 4.99 Å². The molecule has 28 heavy (non-hydrogen) atoms. The number of nitrogens with one attached hydrogen (secondary N) is 1. The van der Waals surface area contributed by atoms with Crippen LogP contribution in [0.2, 0.25) is 5.02 Å². The first-order valence-electron chi connectivity index (χ1n) is 9.04. The average molecular weight is 421 g/mol. The normalized spacial score (nSPS) is 21.1. The van der Waals surface area contributed by atoms with Crippen LogP contribution in [0.5, 0.6) is 5.75 Å². The molecule has 2 aromatic carbocycles. The van der Waals surface area contributed by atoms with E-state index in [0.29, 0.717) is 36.2 Å². The predicted molar refractivity (Wildman–Crippen MR) is 108 cm³/mol. The van der Waals surface area contributed by atoms with Gasteiger partial charge in [0.15, 0.2) is 0 Å². The molecule has 0 bridgehead atoms. The van der Waals surface area contributed by atoms with Crippen molar-refractivity contribution in [3.63, 3.8) is 0 Å². The maximum atomic E-state index is 12.4. The van der Waals surface area contributed by atoms with Crippen molar-refractivity contribution in [3.8, 4) is 5.75 Å². The summed E-state index contributed by atoms with van der Waals surface area (Å²) >= 11 is 6.27. The highest BCUT2D eigenvalue weighted by Gasteiger charge is 2.38. The number of aliphatic imine (C=N–C) groups is 1. The Kier molecular flexibility index (Phi) is 5.07. The van der Waals surface area contributed by atoms with E-state index in [9.17, 15) is 8.42 Å². The minimum atomic E-state index is -3.56. The molecule has 1 fully saturated rings. The van der Waals surface area contributed by atoms with Gasteiger partial charge < -0.3 is 9.47 Å². The summed E-state index contributed by atoms with van der Waals surface area (Å²) in [6, 6.07) is 12.4. The van der Waals surface area contributed by atoms with Gasteiger partial charge in [-0.15, -0.1) is 0 Å². The SMILES string of the molecule is COc1ccc(Cl)cc1C1(CN=C2NS(=O)(=O)c3ccccc32)CCOCC1. The summed E-state index contributed by atoms with van der Waals surface area (Å²) in [5.41, 5.74) is 1.23. The van der Waals surface area contributed by atoms with E-state index < -0.39 is 10.0 Å². The van der Waals surface area contributed by atoms with Crippen LogP contribution in [0.25, 0.3) is 0 Å². The Balaban J connectivity index is 1.75. The molecule has 2 aliphatic heterocycles. The van der Waals surface area contributed by atoms with Crippen LogP contribution in [0.1, 0.15) is 24.0 Å². The molecule has 2 aliphatic rings. The lowest BCUT2D eigenvalue weighted by Gasteiger charge is -2.37. The number of nitrogens with zero attached hydrogens (tertiary/aromatic N) is 1. The maximum absolute atomic E-state index is 12.4. The molecule has 0 atom stereocenters. The van der Waals surface area contributed by atoms with Gasteiger partial charge in [0.1, 0.15) is 11.6 Å². The zero-order valence-corrected chi connectivity index (χ0v) is 17.0. The lowest BCUT2D eigenvalue weighted by atomic mass is 9.73. The van der Waals surface area contributed by atoms with Gasteiger partial charge in [-0.25, -0.2) is 8.42 Å². The number of benzene rings is 2. The van der Waals surface area contributed by atoms with Crippen LogP contribution < -0.4 is 9.46 Å². The summed E-state index contributed by atoms with van der Waals surface area (Å²) in [6.45, 7) is 1.60. The first-order chi connectivity index (χ1) is 13.5. The third-order valence-electron chi connectivity index (χ3n) is 5.39. The minimum Gasteiger partial charge on any atom is -0.496 e. The molecule has 4 rings (SSSR count). The van der Waals surface area contributed by atoms with Crippen LogP contribution in [0, 0.1) is 0 Å². The highest BCUT2D eigenvalue weighted by molar-refractivity contribution is 7.90. The molecule has 1 saturated heterocycles. The second-order valence-electron chi connectivity index (χ2n) is 7.00. The molecular formula is C20H21ClN2O4S. The quantitative estimate of drug-likeness (QED) is 0.824. The van der Waals surface area contributed by atoms with Crippen LogP contribution in [-0.4, -0.2) is 41.1 Å². The topological polar surface area (TPSA) is 77.0 Å². The Morgan fingerprint density at radius 1 is 1.21 bits per heavy atom. The van der Waals surface area contributed by atoms with E-state index in [0.717, 1.165) is 24.2 Å². The molecule has 6 nitrogen and oxygen atoms in total. The summed E-state index contributed by atoms with van der Waals surface area (Å²) in [6.07, 6.45) is 1.49. The van der Waals surface area contributed by atoms with Gasteiger partial charge in [0.05, 0.1) is 18.6 Å². The average Bonchev–Trinajstić information content (AvgIpc) is 2.98. The van der Waals surface area contributed by atoms with Crippen LogP contribution in [0.4, 0.5) is 0 Å². The fraction of sp³-hybridized carbons (Fsp3) is 0.350. The van der Waals surface area contributed by atoms with E-state index in [1.807, 2.05) is 12.1 Å². The van der Waals surface area contributed by atoms with Gasteiger partial charge in [-0.1, -0.05) is 23.7 Å². The number of methoxy groups -OCH3 is 1. The van der Waals surface area contributed by atoms with Crippen molar-refractivity contribution in [1.82, 2.24) is 4.72 Å². The molecule has 0 unspecified atom stereocenters. The number of halogens is 1. The molecule has 0 spiro atoms. The maximum Gasteiger partial charge on any atom is 0.263 e. The number of hydrogen-bond acceptors (Lipinski definition) is 5. The lowest BCUT2D eigenvalue weighted by Crippen LogP contribution is -2.38. The van der Waals surface area contributed by atoms with Crippen molar-refractivity contribution in [3.05, 3.63) is 58.6 Å². The lowest BCUT2D eigenvalue weighted by molar-refractivity contribution is 0.0523. The Morgan fingerprint density at radius 3 is 2.71 bits per heavy atom. The monoisotopic (exact) mass is 420 g/mol. The first kappa shape index (κ1) is 19.2. The molecule has 148 valence electrons. The Hall–Kier alpha value is -2.09. The molecule has 0 aliphatic carbocycles. The smallest absolute Gasteiger partial charge is 0.263 e. The molecule has 2 aromatic rings. The number of rotatable bonds is 4. The minimum absolute atomic E-state index is 0.259. The molecule has 0 saturated carbocycles. The van der Waals surface area contributed by atoms with E-state index in [2.05, 4.69) is 4.72 Å². The highest BCUT2D eigenvalue weighted by atomic mass is 35.5. The third-order valence-corrected chi connectivity index (χ3v) is 7.02. The Bertz CT molecular complexity index is 1030. The zero-order valence-electron chi connectivity index (χ0n) is 15.4. The van der Waals surface area contributed by atoms with Gasteiger partial charge in [-0.05, 0) is 43.2 Å². The van der Waals surface area contributed by atoms with Gasteiger partial charge in [-0.3, -0.25) is 9.71 Å². The van der Waals surface area contributed by atoms with Gasteiger partial charge >= 0.3 is 0 Å². The Labute approximate surface area is 169 Å². The van der Waals surface area contributed by atoms with Gasteiger partial charge in [0.25, 0.3) is 10.0 Å². The van der Waals surface area contributed by atoms with Gasteiger partial charge in [0.2, 0.25) is 0 Å². The van der Waals surface area contributed by atoms with Crippen molar-refractivity contribution >= 4 is 27.5 Å². The number of ether oxygens (including phenoxy) is 2. The largest absolute Gasteiger partial charge is 0.496 e. The van der Waals surface area contributed by atoms with Crippen molar-refractivity contribution < 1.29 is 17.9 Å². The molecular weight excluding hydrogens is 400 g/mol. The number of hydrogen-bond donors (Lipinski definition) is 1. The summed E-state index contributed by atoms with van der Waals surface area (Å²) in [5, 5.41) is 0.626. The highest BCUT2D eigenvalue weighted by Crippen LogP contribution is 2.41. The molecule has 0 radical (unpaired) electrons. The fourth-order valence-corrected chi connectivity index (χ4v) is 5.27. The Morgan fingerprint density at radius 2 is 1.96 bits per heavy atom. The summed E-state index contributed by atoms with van der Waals surface area (Å²) in [5.74, 6) is 1.13. The fourth-order valence-electron chi connectivity index (χ4n) is 3.85. The van der Waals surface area contributed by atoms with Crippen molar-refractivity contribution in [1.29, 1.82) is 0 Å². The number of fused-ring (bicyclic) bond motifs is 1. The summed E-state index contributed by atoms with van der Waals surface area (Å²) < 4.78 is 38.5. The predicted octanol–water partition coefficient (Wildman–Crippen LogP) is 3.14. The standard InChI is InChI=1S/C20H21ClN2O4S/c1-26-17-7-6-14(21)12-16(17)20(8-10-27-11-9-20)13-22-19-15-4-2-3-5-18(15)28(24,25)23-19/h2-7,12H,8-11,13H2,1H3,(H,22,23). The third kappa shape index (κ3) is 3.38. The second-order valence-corrected chi connectivity index (χ2v) is 9.09. The van der Waals surface area contributed by atoms with E-state index >= 15 is 0 Å². The van der Waals surface area contributed by atoms with Gasteiger partial charge in [0, 0.05) is 34.8 Å².